The maximum Gasteiger partial charge on any atom is 0.167 e. The predicted octanol–water partition coefficient (Wildman–Crippen LogP) is 2.25. The van der Waals surface area contributed by atoms with Gasteiger partial charge < -0.3 is 9.84 Å². The molecule has 102 valence electrons. The largest absolute Gasteiger partial charge is 0.491 e. The fraction of sp³-hybridized carbons (Fsp3) is 0.385. The quantitative estimate of drug-likeness (QED) is 0.900. The molecule has 0 spiro atoms. The summed E-state index contributed by atoms with van der Waals surface area (Å²) in [6.07, 6.45) is 1.49. The third-order valence-corrected chi connectivity index (χ3v) is 2.72. The van der Waals surface area contributed by atoms with E-state index in [1.54, 1.807) is 25.3 Å². The van der Waals surface area contributed by atoms with Gasteiger partial charge in [-0.2, -0.15) is 0 Å². The number of rotatable bonds is 5. The highest BCUT2D eigenvalue weighted by molar-refractivity contribution is 5.38. The second-order valence-electron chi connectivity index (χ2n) is 4.06. The van der Waals surface area contributed by atoms with Gasteiger partial charge in [0.2, 0.25) is 0 Å². The molecule has 0 aliphatic rings. The van der Waals surface area contributed by atoms with Crippen molar-refractivity contribution in [2.45, 2.75) is 26.4 Å². The van der Waals surface area contributed by atoms with E-state index in [1.807, 2.05) is 6.92 Å². The minimum Gasteiger partial charge on any atom is -0.491 e. The third kappa shape index (κ3) is 2.90. The molecule has 0 bridgehead atoms. The Morgan fingerprint density at radius 2 is 2.21 bits per heavy atom. The first kappa shape index (κ1) is 13.5. The number of halogens is 1. The number of aliphatic hydroxyl groups is 1. The molecular weight excluding hydrogens is 249 g/mol. The SMILES string of the molecule is CCOc1ccc(-n2cc(C(O)CC)nn2)cc1F. The van der Waals surface area contributed by atoms with Gasteiger partial charge in [0.05, 0.1) is 24.6 Å². The zero-order chi connectivity index (χ0) is 13.8. The summed E-state index contributed by atoms with van der Waals surface area (Å²) in [5.74, 6) is -0.243. The molecule has 5 nitrogen and oxygen atoms in total. The lowest BCUT2D eigenvalue weighted by Gasteiger charge is -2.06. The Hall–Kier alpha value is -1.95. The lowest BCUT2D eigenvalue weighted by Crippen LogP contribution is -1.99. The van der Waals surface area contributed by atoms with Crippen molar-refractivity contribution < 1.29 is 14.2 Å². The standard InChI is InChI=1S/C13H16FN3O2/c1-3-12(18)11-8-17(16-15-11)9-5-6-13(19-4-2)10(14)7-9/h5-8,12,18H,3-4H2,1-2H3. The van der Waals surface area contributed by atoms with Crippen molar-refractivity contribution in [3.63, 3.8) is 0 Å². The van der Waals surface area contributed by atoms with Crippen LogP contribution >= 0.6 is 0 Å². The average Bonchev–Trinajstić information content (AvgIpc) is 2.90. The van der Waals surface area contributed by atoms with Crippen LogP contribution in [0.2, 0.25) is 0 Å². The molecule has 1 atom stereocenters. The van der Waals surface area contributed by atoms with Gasteiger partial charge in [-0.1, -0.05) is 12.1 Å². The van der Waals surface area contributed by atoms with Crippen LogP contribution in [-0.2, 0) is 0 Å². The topological polar surface area (TPSA) is 60.2 Å². The van der Waals surface area contributed by atoms with Crippen molar-refractivity contribution >= 4 is 0 Å². The van der Waals surface area contributed by atoms with Gasteiger partial charge in [0.15, 0.2) is 11.6 Å². The van der Waals surface area contributed by atoms with Crippen LogP contribution in [0, 0.1) is 5.82 Å². The van der Waals surface area contributed by atoms with Crippen LogP contribution in [0.25, 0.3) is 5.69 Å². The van der Waals surface area contributed by atoms with Crippen LogP contribution in [0.1, 0.15) is 32.1 Å². The van der Waals surface area contributed by atoms with Crippen LogP contribution < -0.4 is 4.74 Å². The third-order valence-electron chi connectivity index (χ3n) is 2.72. The normalized spacial score (nSPS) is 12.4. The predicted molar refractivity (Wildman–Crippen MR) is 67.7 cm³/mol. The van der Waals surface area contributed by atoms with Crippen LogP contribution in [0.3, 0.4) is 0 Å². The van der Waals surface area contributed by atoms with E-state index in [2.05, 4.69) is 10.3 Å². The minimum atomic E-state index is -0.652. The van der Waals surface area contributed by atoms with E-state index in [4.69, 9.17) is 4.74 Å². The Bertz CT molecular complexity index is 557. The zero-order valence-electron chi connectivity index (χ0n) is 10.9. The number of nitrogens with zero attached hydrogens (tertiary/aromatic N) is 3. The van der Waals surface area contributed by atoms with Gasteiger partial charge in [-0.05, 0) is 25.5 Å². The first-order valence-electron chi connectivity index (χ1n) is 6.18. The van der Waals surface area contributed by atoms with Crippen LogP contribution in [0.15, 0.2) is 24.4 Å². The van der Waals surface area contributed by atoms with Gasteiger partial charge in [0.25, 0.3) is 0 Å². The van der Waals surface area contributed by atoms with Crippen molar-refractivity contribution in [1.82, 2.24) is 15.0 Å². The van der Waals surface area contributed by atoms with E-state index in [0.29, 0.717) is 24.4 Å². The molecule has 0 radical (unpaired) electrons. The van der Waals surface area contributed by atoms with Gasteiger partial charge in [-0.3, -0.25) is 0 Å². The Kier molecular flexibility index (Phi) is 4.11. The summed E-state index contributed by atoms with van der Waals surface area (Å²) in [5, 5.41) is 17.4. The second-order valence-corrected chi connectivity index (χ2v) is 4.06. The molecule has 0 saturated heterocycles. The summed E-state index contributed by atoms with van der Waals surface area (Å²) in [6, 6.07) is 4.55. The molecule has 1 N–H and O–H groups in total. The molecule has 0 aliphatic heterocycles. The molecule has 0 saturated carbocycles. The van der Waals surface area contributed by atoms with Crippen molar-refractivity contribution in [2.24, 2.45) is 0 Å². The Labute approximate surface area is 110 Å². The van der Waals surface area contributed by atoms with E-state index in [1.165, 1.54) is 10.7 Å². The van der Waals surface area contributed by atoms with Crippen LogP contribution in [0.5, 0.6) is 5.75 Å². The van der Waals surface area contributed by atoms with E-state index >= 15 is 0 Å². The Balaban J connectivity index is 2.27. The summed E-state index contributed by atoms with van der Waals surface area (Å²) in [5.41, 5.74) is 1.000. The van der Waals surface area contributed by atoms with Crippen LogP contribution in [-0.4, -0.2) is 26.7 Å². The molecule has 0 fully saturated rings. The zero-order valence-corrected chi connectivity index (χ0v) is 10.9. The van der Waals surface area contributed by atoms with Gasteiger partial charge in [0, 0.05) is 6.07 Å². The number of hydrogen-bond donors (Lipinski definition) is 1. The molecule has 19 heavy (non-hydrogen) atoms. The monoisotopic (exact) mass is 265 g/mol. The molecule has 0 aliphatic carbocycles. The smallest absolute Gasteiger partial charge is 0.167 e. The summed E-state index contributed by atoms with van der Waals surface area (Å²) < 4.78 is 20.3. The number of ether oxygens (including phenoxy) is 1. The highest BCUT2D eigenvalue weighted by atomic mass is 19.1. The molecule has 6 heteroatoms. The Morgan fingerprint density at radius 1 is 1.42 bits per heavy atom. The van der Waals surface area contributed by atoms with E-state index in [9.17, 15) is 9.50 Å². The number of benzene rings is 1. The molecular formula is C13H16FN3O2. The molecule has 1 aromatic carbocycles. The first-order valence-corrected chi connectivity index (χ1v) is 6.18. The van der Waals surface area contributed by atoms with E-state index in [0.717, 1.165) is 0 Å². The summed E-state index contributed by atoms with van der Waals surface area (Å²) in [6.45, 7) is 4.05. The number of aromatic nitrogens is 3. The van der Waals surface area contributed by atoms with Crippen molar-refractivity contribution in [3.8, 4) is 11.4 Å². The fourth-order valence-corrected chi connectivity index (χ4v) is 1.67. The van der Waals surface area contributed by atoms with Gasteiger partial charge >= 0.3 is 0 Å². The highest BCUT2D eigenvalue weighted by Crippen LogP contribution is 2.21. The minimum absolute atomic E-state index is 0.209. The van der Waals surface area contributed by atoms with E-state index < -0.39 is 11.9 Å². The molecule has 0 amide bonds. The fourth-order valence-electron chi connectivity index (χ4n) is 1.67. The van der Waals surface area contributed by atoms with Crippen molar-refractivity contribution in [3.05, 3.63) is 35.9 Å². The maximum absolute atomic E-state index is 13.7. The number of hydrogen-bond acceptors (Lipinski definition) is 4. The molecule has 1 unspecified atom stereocenters. The second kappa shape index (κ2) is 5.79. The molecule has 2 aromatic rings. The van der Waals surface area contributed by atoms with Crippen LogP contribution in [0.4, 0.5) is 4.39 Å². The average molecular weight is 265 g/mol. The summed E-state index contributed by atoms with van der Waals surface area (Å²) >= 11 is 0. The van der Waals surface area contributed by atoms with Gasteiger partial charge in [-0.15, -0.1) is 5.10 Å². The van der Waals surface area contributed by atoms with Gasteiger partial charge in [0.1, 0.15) is 5.69 Å². The lowest BCUT2D eigenvalue weighted by atomic mass is 10.2. The molecule has 1 heterocycles. The number of aliphatic hydroxyl groups excluding tert-OH is 1. The first-order chi connectivity index (χ1) is 9.15. The summed E-state index contributed by atoms with van der Waals surface area (Å²) in [7, 11) is 0. The van der Waals surface area contributed by atoms with E-state index in [-0.39, 0.29) is 5.75 Å². The Morgan fingerprint density at radius 3 is 2.84 bits per heavy atom. The highest BCUT2D eigenvalue weighted by Gasteiger charge is 2.12. The maximum atomic E-state index is 13.7. The summed E-state index contributed by atoms with van der Waals surface area (Å²) in [4.78, 5) is 0. The lowest BCUT2D eigenvalue weighted by molar-refractivity contribution is 0.169. The van der Waals surface area contributed by atoms with Crippen molar-refractivity contribution in [2.75, 3.05) is 6.61 Å². The molecule has 1 aromatic heterocycles. The van der Waals surface area contributed by atoms with Gasteiger partial charge in [-0.25, -0.2) is 9.07 Å². The molecule has 2 rings (SSSR count). The van der Waals surface area contributed by atoms with Crippen molar-refractivity contribution in [1.29, 1.82) is 0 Å².